The van der Waals surface area contributed by atoms with Crippen molar-refractivity contribution in [3.8, 4) is 0 Å². The maximum atomic E-state index is 12.1. The van der Waals surface area contributed by atoms with E-state index in [2.05, 4.69) is 18.8 Å². The number of thioether (sulfide) groups is 1. The average molecular weight is 252 g/mol. The van der Waals surface area contributed by atoms with Gasteiger partial charge in [0.15, 0.2) is 0 Å². The lowest BCUT2D eigenvalue weighted by Gasteiger charge is -2.24. The highest BCUT2D eigenvalue weighted by Crippen LogP contribution is 2.11. The first-order valence-corrected chi connectivity index (χ1v) is 7.07. The van der Waals surface area contributed by atoms with Gasteiger partial charge in [-0.05, 0) is 37.0 Å². The summed E-state index contributed by atoms with van der Waals surface area (Å²) in [6, 6.07) is 3.79. The van der Waals surface area contributed by atoms with Gasteiger partial charge in [-0.2, -0.15) is 11.8 Å². The van der Waals surface area contributed by atoms with Crippen LogP contribution < -0.4 is 0 Å². The molecule has 4 heteroatoms. The molecule has 0 saturated heterocycles. The molecule has 0 fully saturated rings. The van der Waals surface area contributed by atoms with Crippen LogP contribution in [-0.2, 0) is 0 Å². The molecule has 0 aromatic carbocycles. The van der Waals surface area contributed by atoms with Crippen molar-refractivity contribution in [1.82, 2.24) is 9.88 Å². The molecule has 17 heavy (non-hydrogen) atoms. The van der Waals surface area contributed by atoms with Gasteiger partial charge in [0.2, 0.25) is 0 Å². The summed E-state index contributed by atoms with van der Waals surface area (Å²) in [5.74, 6) is 2.31. The lowest BCUT2D eigenvalue weighted by Crippen LogP contribution is -2.35. The zero-order chi connectivity index (χ0) is 12.7. The van der Waals surface area contributed by atoms with E-state index in [1.54, 1.807) is 24.5 Å². The molecule has 0 aliphatic rings. The second-order valence-electron chi connectivity index (χ2n) is 3.99. The van der Waals surface area contributed by atoms with Gasteiger partial charge in [-0.3, -0.25) is 9.78 Å². The number of pyridine rings is 1. The van der Waals surface area contributed by atoms with Gasteiger partial charge in [0.25, 0.3) is 5.91 Å². The van der Waals surface area contributed by atoms with Gasteiger partial charge in [0.1, 0.15) is 0 Å². The zero-order valence-electron chi connectivity index (χ0n) is 10.7. The fourth-order valence-corrected chi connectivity index (χ4v) is 2.29. The first kappa shape index (κ1) is 14.0. The summed E-state index contributed by atoms with van der Waals surface area (Å²) < 4.78 is 0. The third-order valence-corrected chi connectivity index (χ3v) is 3.73. The highest BCUT2D eigenvalue weighted by atomic mass is 32.2. The molecule has 1 rings (SSSR count). The number of carbonyl (C=O) groups excluding carboxylic acids is 1. The number of aromatic nitrogens is 1. The number of carbonyl (C=O) groups is 1. The highest BCUT2D eigenvalue weighted by Gasteiger charge is 2.16. The van der Waals surface area contributed by atoms with Crippen LogP contribution >= 0.6 is 11.8 Å². The molecule has 3 nitrogen and oxygen atoms in total. The SMILES string of the molecule is CCSCC[C@@H](C)N(C)C(=O)c1ccncc1. The van der Waals surface area contributed by atoms with Gasteiger partial charge in [-0.1, -0.05) is 6.92 Å². The Morgan fingerprint density at radius 3 is 2.71 bits per heavy atom. The quantitative estimate of drug-likeness (QED) is 0.730. The maximum absolute atomic E-state index is 12.1. The standard InChI is InChI=1S/C13H20N2OS/c1-4-17-10-7-11(2)15(3)13(16)12-5-8-14-9-6-12/h5-6,8-9,11H,4,7,10H2,1-3H3/t11-/m1/s1. The van der Waals surface area contributed by atoms with E-state index in [1.807, 2.05) is 23.7 Å². The van der Waals surface area contributed by atoms with Crippen molar-refractivity contribution in [2.75, 3.05) is 18.6 Å². The van der Waals surface area contributed by atoms with E-state index in [-0.39, 0.29) is 11.9 Å². The summed E-state index contributed by atoms with van der Waals surface area (Å²) in [6.45, 7) is 4.25. The van der Waals surface area contributed by atoms with Crippen LogP contribution in [0, 0.1) is 0 Å². The van der Waals surface area contributed by atoms with Gasteiger partial charge >= 0.3 is 0 Å². The molecule has 0 bridgehead atoms. The van der Waals surface area contributed by atoms with Gasteiger partial charge in [0.05, 0.1) is 0 Å². The molecule has 0 spiro atoms. The van der Waals surface area contributed by atoms with Crippen LogP contribution in [0.15, 0.2) is 24.5 Å². The largest absolute Gasteiger partial charge is 0.339 e. The van der Waals surface area contributed by atoms with Crippen LogP contribution in [0.2, 0.25) is 0 Å². The van der Waals surface area contributed by atoms with Crippen LogP contribution in [0.1, 0.15) is 30.6 Å². The normalized spacial score (nSPS) is 12.2. The van der Waals surface area contributed by atoms with E-state index in [4.69, 9.17) is 0 Å². The van der Waals surface area contributed by atoms with Gasteiger partial charge in [0, 0.05) is 31.0 Å². The number of nitrogens with zero attached hydrogens (tertiary/aromatic N) is 2. The summed E-state index contributed by atoms with van der Waals surface area (Å²) in [5.41, 5.74) is 0.706. The van der Waals surface area contributed by atoms with Gasteiger partial charge in [-0.25, -0.2) is 0 Å². The average Bonchev–Trinajstić information content (AvgIpc) is 2.38. The topological polar surface area (TPSA) is 33.2 Å². The molecular formula is C13H20N2OS. The van der Waals surface area contributed by atoms with Crippen LogP contribution in [0.4, 0.5) is 0 Å². The maximum Gasteiger partial charge on any atom is 0.253 e. The minimum atomic E-state index is 0.0707. The van der Waals surface area contributed by atoms with Crippen LogP contribution in [-0.4, -0.2) is 40.4 Å². The van der Waals surface area contributed by atoms with E-state index in [0.29, 0.717) is 5.56 Å². The first-order valence-electron chi connectivity index (χ1n) is 5.91. The van der Waals surface area contributed by atoms with Crippen molar-refractivity contribution in [1.29, 1.82) is 0 Å². The monoisotopic (exact) mass is 252 g/mol. The fraction of sp³-hybridized carbons (Fsp3) is 0.538. The predicted molar refractivity (Wildman–Crippen MR) is 73.4 cm³/mol. The zero-order valence-corrected chi connectivity index (χ0v) is 11.5. The first-order chi connectivity index (χ1) is 8.16. The Bertz CT molecular complexity index is 343. The molecule has 0 aliphatic heterocycles. The van der Waals surface area contributed by atoms with Crippen LogP contribution in [0.25, 0.3) is 0 Å². The van der Waals surface area contributed by atoms with E-state index >= 15 is 0 Å². The van der Waals surface area contributed by atoms with E-state index in [1.165, 1.54) is 0 Å². The molecule has 0 unspecified atom stereocenters. The predicted octanol–water partition coefficient (Wildman–Crippen LogP) is 2.69. The van der Waals surface area contributed by atoms with Crippen molar-refractivity contribution in [3.05, 3.63) is 30.1 Å². The third kappa shape index (κ3) is 4.38. The minimum absolute atomic E-state index is 0.0707. The smallest absolute Gasteiger partial charge is 0.253 e. The highest BCUT2D eigenvalue weighted by molar-refractivity contribution is 7.99. The molecule has 1 aromatic rings. The summed E-state index contributed by atoms with van der Waals surface area (Å²) in [6.07, 6.45) is 4.34. The third-order valence-electron chi connectivity index (χ3n) is 2.79. The second-order valence-corrected chi connectivity index (χ2v) is 5.38. The molecule has 0 aliphatic carbocycles. The lowest BCUT2D eigenvalue weighted by atomic mass is 10.2. The molecule has 0 radical (unpaired) electrons. The number of amides is 1. The Kier molecular flexibility index (Phi) is 6.05. The fourth-order valence-electron chi connectivity index (χ4n) is 1.49. The van der Waals surface area contributed by atoms with E-state index < -0.39 is 0 Å². The number of rotatable bonds is 6. The van der Waals surface area contributed by atoms with Crippen molar-refractivity contribution in [2.45, 2.75) is 26.3 Å². The molecule has 1 amide bonds. The molecule has 1 aromatic heterocycles. The van der Waals surface area contributed by atoms with Crippen LogP contribution in [0.3, 0.4) is 0 Å². The molecule has 1 atom stereocenters. The Morgan fingerprint density at radius 1 is 1.47 bits per heavy atom. The molecule has 0 N–H and O–H groups in total. The number of hydrogen-bond donors (Lipinski definition) is 0. The van der Waals surface area contributed by atoms with Crippen molar-refractivity contribution >= 4 is 17.7 Å². The second kappa shape index (κ2) is 7.33. The Balaban J connectivity index is 2.51. The lowest BCUT2D eigenvalue weighted by molar-refractivity contribution is 0.0741. The van der Waals surface area contributed by atoms with Crippen molar-refractivity contribution in [2.24, 2.45) is 0 Å². The van der Waals surface area contributed by atoms with Crippen LogP contribution in [0.5, 0.6) is 0 Å². The number of hydrogen-bond acceptors (Lipinski definition) is 3. The molecular weight excluding hydrogens is 232 g/mol. The van der Waals surface area contributed by atoms with E-state index in [9.17, 15) is 4.79 Å². The minimum Gasteiger partial charge on any atom is -0.339 e. The molecule has 0 saturated carbocycles. The van der Waals surface area contributed by atoms with Gasteiger partial charge in [-0.15, -0.1) is 0 Å². The summed E-state index contributed by atoms with van der Waals surface area (Å²) in [5, 5.41) is 0. The molecule has 94 valence electrons. The summed E-state index contributed by atoms with van der Waals surface area (Å²) in [4.78, 5) is 17.8. The summed E-state index contributed by atoms with van der Waals surface area (Å²) >= 11 is 1.91. The van der Waals surface area contributed by atoms with E-state index in [0.717, 1.165) is 17.9 Å². The Labute approximate surface area is 108 Å². The van der Waals surface area contributed by atoms with Gasteiger partial charge < -0.3 is 4.90 Å². The molecule has 1 heterocycles. The van der Waals surface area contributed by atoms with Crippen molar-refractivity contribution < 1.29 is 4.79 Å². The Hall–Kier alpha value is -1.03. The Morgan fingerprint density at radius 2 is 2.12 bits per heavy atom. The summed E-state index contributed by atoms with van der Waals surface area (Å²) in [7, 11) is 1.87. The van der Waals surface area contributed by atoms with Crippen molar-refractivity contribution in [3.63, 3.8) is 0 Å².